The van der Waals surface area contributed by atoms with Crippen molar-refractivity contribution in [1.82, 2.24) is 5.32 Å². The third-order valence-corrected chi connectivity index (χ3v) is 2.81. The SMILES string of the molecule is CCC(CNCCc1cc(F)ccc1F)C(=O)O. The number of aliphatic carboxylic acids is 1. The van der Waals surface area contributed by atoms with Gasteiger partial charge in [-0.25, -0.2) is 8.78 Å². The topological polar surface area (TPSA) is 49.3 Å². The van der Waals surface area contributed by atoms with Crippen LogP contribution in [0.3, 0.4) is 0 Å². The first-order chi connectivity index (χ1) is 8.54. The summed E-state index contributed by atoms with van der Waals surface area (Å²) in [6.45, 7) is 2.56. The van der Waals surface area contributed by atoms with Crippen molar-refractivity contribution in [1.29, 1.82) is 0 Å². The van der Waals surface area contributed by atoms with E-state index < -0.39 is 23.5 Å². The second kappa shape index (κ2) is 7.06. The van der Waals surface area contributed by atoms with Gasteiger partial charge in [0, 0.05) is 6.54 Å². The Hall–Kier alpha value is -1.49. The van der Waals surface area contributed by atoms with Gasteiger partial charge in [-0.05, 0) is 43.1 Å². The molecule has 0 saturated heterocycles. The summed E-state index contributed by atoms with van der Waals surface area (Å²) in [6.07, 6.45) is 0.871. The maximum absolute atomic E-state index is 13.3. The predicted molar refractivity (Wildman–Crippen MR) is 64.3 cm³/mol. The zero-order valence-corrected chi connectivity index (χ0v) is 10.2. The minimum atomic E-state index is -0.845. The van der Waals surface area contributed by atoms with E-state index in [9.17, 15) is 13.6 Å². The van der Waals surface area contributed by atoms with Crippen LogP contribution in [0.1, 0.15) is 18.9 Å². The van der Waals surface area contributed by atoms with Gasteiger partial charge in [-0.2, -0.15) is 0 Å². The van der Waals surface area contributed by atoms with Crippen LogP contribution >= 0.6 is 0 Å². The van der Waals surface area contributed by atoms with Gasteiger partial charge in [-0.1, -0.05) is 6.92 Å². The van der Waals surface area contributed by atoms with E-state index in [1.165, 1.54) is 0 Å². The predicted octanol–water partition coefficient (Wildman–Crippen LogP) is 2.21. The number of carboxylic acid groups (broad SMARTS) is 1. The monoisotopic (exact) mass is 257 g/mol. The second-order valence-electron chi connectivity index (χ2n) is 4.13. The Balaban J connectivity index is 2.37. The summed E-state index contributed by atoms with van der Waals surface area (Å²) in [4.78, 5) is 10.7. The van der Waals surface area contributed by atoms with E-state index in [1.54, 1.807) is 6.92 Å². The molecule has 0 heterocycles. The number of halogens is 2. The van der Waals surface area contributed by atoms with E-state index in [2.05, 4.69) is 5.32 Å². The fraction of sp³-hybridized carbons (Fsp3) is 0.462. The highest BCUT2D eigenvalue weighted by Crippen LogP contribution is 2.10. The van der Waals surface area contributed by atoms with Crippen molar-refractivity contribution in [3.05, 3.63) is 35.4 Å². The van der Waals surface area contributed by atoms with Crippen molar-refractivity contribution in [2.45, 2.75) is 19.8 Å². The molecule has 0 aliphatic heterocycles. The van der Waals surface area contributed by atoms with Crippen LogP contribution in [0.5, 0.6) is 0 Å². The van der Waals surface area contributed by atoms with Crippen molar-refractivity contribution >= 4 is 5.97 Å². The van der Waals surface area contributed by atoms with E-state index in [4.69, 9.17) is 5.11 Å². The lowest BCUT2D eigenvalue weighted by atomic mass is 10.1. The molecule has 0 aromatic heterocycles. The number of hydrogen-bond donors (Lipinski definition) is 2. The summed E-state index contributed by atoms with van der Waals surface area (Å²) in [5.74, 6) is -2.20. The molecule has 18 heavy (non-hydrogen) atoms. The first-order valence-corrected chi connectivity index (χ1v) is 5.92. The van der Waals surface area contributed by atoms with Gasteiger partial charge in [0.2, 0.25) is 0 Å². The molecule has 100 valence electrons. The minimum Gasteiger partial charge on any atom is -0.481 e. The smallest absolute Gasteiger partial charge is 0.307 e. The highest BCUT2D eigenvalue weighted by Gasteiger charge is 2.13. The van der Waals surface area contributed by atoms with Crippen molar-refractivity contribution in [2.75, 3.05) is 13.1 Å². The Labute approximate surface area is 105 Å². The normalized spacial score (nSPS) is 12.4. The molecule has 0 amide bonds. The molecular formula is C13H17F2NO2. The van der Waals surface area contributed by atoms with Gasteiger partial charge < -0.3 is 10.4 Å². The zero-order valence-electron chi connectivity index (χ0n) is 10.2. The van der Waals surface area contributed by atoms with Crippen molar-refractivity contribution < 1.29 is 18.7 Å². The molecule has 1 aromatic rings. The summed E-state index contributed by atoms with van der Waals surface area (Å²) in [5, 5.41) is 11.8. The van der Waals surface area contributed by atoms with Gasteiger partial charge in [0.1, 0.15) is 11.6 Å². The lowest BCUT2D eigenvalue weighted by Gasteiger charge is -2.11. The molecule has 0 spiro atoms. The molecule has 0 aliphatic carbocycles. The van der Waals surface area contributed by atoms with E-state index in [-0.39, 0.29) is 0 Å². The molecule has 1 unspecified atom stereocenters. The number of benzene rings is 1. The first kappa shape index (κ1) is 14.6. The van der Waals surface area contributed by atoms with E-state index in [0.717, 1.165) is 18.2 Å². The van der Waals surface area contributed by atoms with Gasteiger partial charge in [-0.3, -0.25) is 4.79 Å². The average molecular weight is 257 g/mol. The van der Waals surface area contributed by atoms with Crippen LogP contribution in [0.2, 0.25) is 0 Å². The molecule has 1 aromatic carbocycles. The van der Waals surface area contributed by atoms with Crippen LogP contribution in [-0.2, 0) is 11.2 Å². The Morgan fingerprint density at radius 2 is 2.17 bits per heavy atom. The van der Waals surface area contributed by atoms with Crippen LogP contribution < -0.4 is 5.32 Å². The number of hydrogen-bond acceptors (Lipinski definition) is 2. The van der Waals surface area contributed by atoms with Gasteiger partial charge in [-0.15, -0.1) is 0 Å². The molecule has 0 radical (unpaired) electrons. The summed E-state index contributed by atoms with van der Waals surface area (Å²) in [7, 11) is 0. The summed E-state index contributed by atoms with van der Waals surface area (Å²) >= 11 is 0. The zero-order chi connectivity index (χ0) is 13.5. The maximum atomic E-state index is 13.3. The minimum absolute atomic E-state index is 0.297. The lowest BCUT2D eigenvalue weighted by molar-refractivity contribution is -0.141. The molecule has 1 atom stereocenters. The molecule has 1 rings (SSSR count). The molecule has 0 aliphatic rings. The summed E-state index contributed by atoms with van der Waals surface area (Å²) < 4.78 is 26.1. The summed E-state index contributed by atoms with van der Waals surface area (Å²) in [5.41, 5.74) is 0.297. The van der Waals surface area contributed by atoms with Gasteiger partial charge >= 0.3 is 5.97 Å². The van der Waals surface area contributed by atoms with Crippen molar-refractivity contribution in [3.8, 4) is 0 Å². The van der Waals surface area contributed by atoms with Crippen LogP contribution in [0.15, 0.2) is 18.2 Å². The van der Waals surface area contributed by atoms with E-state index in [0.29, 0.717) is 31.5 Å². The molecule has 0 bridgehead atoms. The van der Waals surface area contributed by atoms with Crippen molar-refractivity contribution in [2.24, 2.45) is 5.92 Å². The fourth-order valence-electron chi connectivity index (χ4n) is 1.64. The number of carboxylic acids is 1. The number of nitrogens with one attached hydrogen (secondary N) is 1. The first-order valence-electron chi connectivity index (χ1n) is 5.92. The maximum Gasteiger partial charge on any atom is 0.307 e. The van der Waals surface area contributed by atoms with Crippen molar-refractivity contribution in [3.63, 3.8) is 0 Å². The van der Waals surface area contributed by atoms with Crippen LogP contribution in [0.4, 0.5) is 8.78 Å². The Kier molecular flexibility index (Phi) is 5.71. The fourth-order valence-corrected chi connectivity index (χ4v) is 1.64. The highest BCUT2D eigenvalue weighted by atomic mass is 19.1. The van der Waals surface area contributed by atoms with Crippen LogP contribution in [0, 0.1) is 17.6 Å². The van der Waals surface area contributed by atoms with E-state index in [1.807, 2.05) is 0 Å². The van der Waals surface area contributed by atoms with Gasteiger partial charge in [0.15, 0.2) is 0 Å². The Bertz CT molecular complexity index is 410. The molecular weight excluding hydrogens is 240 g/mol. The standard InChI is InChI=1S/C13H17F2NO2/c1-2-9(13(17)18)8-16-6-5-10-7-11(14)3-4-12(10)15/h3-4,7,9,16H,2,5-6,8H2,1H3,(H,17,18). The average Bonchev–Trinajstić information content (AvgIpc) is 2.33. The Morgan fingerprint density at radius 3 is 2.78 bits per heavy atom. The third kappa shape index (κ3) is 4.41. The number of rotatable bonds is 7. The highest BCUT2D eigenvalue weighted by molar-refractivity contribution is 5.70. The third-order valence-electron chi connectivity index (χ3n) is 2.81. The lowest BCUT2D eigenvalue weighted by Crippen LogP contribution is -2.29. The summed E-state index contributed by atoms with van der Waals surface area (Å²) in [6, 6.07) is 3.33. The van der Waals surface area contributed by atoms with Gasteiger partial charge in [0.25, 0.3) is 0 Å². The molecule has 0 saturated carbocycles. The van der Waals surface area contributed by atoms with E-state index >= 15 is 0 Å². The second-order valence-corrected chi connectivity index (χ2v) is 4.13. The van der Waals surface area contributed by atoms with Gasteiger partial charge in [0.05, 0.1) is 5.92 Å². The Morgan fingerprint density at radius 1 is 1.44 bits per heavy atom. The molecule has 5 heteroatoms. The van der Waals surface area contributed by atoms with Crippen LogP contribution in [-0.4, -0.2) is 24.2 Å². The number of carbonyl (C=O) groups is 1. The largest absolute Gasteiger partial charge is 0.481 e. The molecule has 3 nitrogen and oxygen atoms in total. The van der Waals surface area contributed by atoms with Crippen LogP contribution in [0.25, 0.3) is 0 Å². The molecule has 2 N–H and O–H groups in total. The molecule has 0 fully saturated rings. The quantitative estimate of drug-likeness (QED) is 0.736.